The molecule has 3 heteroatoms. The summed E-state index contributed by atoms with van der Waals surface area (Å²) in [5.74, 6) is 0. The molecule has 0 N–H and O–H groups in total. The first-order valence-corrected chi connectivity index (χ1v) is 4.84. The quantitative estimate of drug-likeness (QED) is 0.689. The van der Waals surface area contributed by atoms with E-state index < -0.39 is 0 Å². The third-order valence-electron chi connectivity index (χ3n) is 2.02. The number of imidazole rings is 1. The fourth-order valence-electron chi connectivity index (χ4n) is 1.49. The van der Waals surface area contributed by atoms with E-state index in [1.54, 1.807) is 6.20 Å². The lowest BCUT2D eigenvalue weighted by molar-refractivity contribution is 0.404. The molecular formula is C11H15N3. The third kappa shape index (κ3) is 1.92. The maximum atomic E-state index is 4.47. The SMILES string of the molecule is CC(C)(C)Cc1ccc2nccn2n1. The zero-order chi connectivity index (χ0) is 10.2. The van der Waals surface area contributed by atoms with Gasteiger partial charge in [-0.3, -0.25) is 0 Å². The van der Waals surface area contributed by atoms with E-state index in [2.05, 4.69) is 30.9 Å². The molecule has 2 aromatic heterocycles. The number of aromatic nitrogens is 3. The highest BCUT2D eigenvalue weighted by molar-refractivity contribution is 5.36. The van der Waals surface area contributed by atoms with Gasteiger partial charge in [-0.1, -0.05) is 20.8 Å². The monoisotopic (exact) mass is 189 g/mol. The minimum atomic E-state index is 0.279. The van der Waals surface area contributed by atoms with Crippen molar-refractivity contribution in [2.24, 2.45) is 5.41 Å². The molecule has 0 radical (unpaired) electrons. The molecule has 0 spiro atoms. The van der Waals surface area contributed by atoms with Crippen LogP contribution >= 0.6 is 0 Å². The molecule has 2 heterocycles. The molecule has 0 fully saturated rings. The smallest absolute Gasteiger partial charge is 0.153 e. The molecule has 0 aromatic carbocycles. The van der Waals surface area contributed by atoms with Gasteiger partial charge in [0.1, 0.15) is 0 Å². The topological polar surface area (TPSA) is 30.2 Å². The van der Waals surface area contributed by atoms with Gasteiger partial charge in [-0.15, -0.1) is 0 Å². The zero-order valence-corrected chi connectivity index (χ0v) is 8.86. The lowest BCUT2D eigenvalue weighted by atomic mass is 9.90. The zero-order valence-electron chi connectivity index (χ0n) is 8.86. The largest absolute Gasteiger partial charge is 0.236 e. The van der Waals surface area contributed by atoms with Crippen molar-refractivity contribution in [2.45, 2.75) is 27.2 Å². The van der Waals surface area contributed by atoms with Crippen LogP contribution in [0.25, 0.3) is 5.65 Å². The van der Waals surface area contributed by atoms with Crippen LogP contribution in [0.2, 0.25) is 0 Å². The average molecular weight is 189 g/mol. The van der Waals surface area contributed by atoms with E-state index in [0.29, 0.717) is 0 Å². The van der Waals surface area contributed by atoms with Crippen molar-refractivity contribution in [3.63, 3.8) is 0 Å². The van der Waals surface area contributed by atoms with Gasteiger partial charge in [0.2, 0.25) is 0 Å². The van der Waals surface area contributed by atoms with E-state index >= 15 is 0 Å². The van der Waals surface area contributed by atoms with Gasteiger partial charge in [-0.2, -0.15) is 5.10 Å². The van der Waals surface area contributed by atoms with Crippen LogP contribution in [0.1, 0.15) is 26.5 Å². The van der Waals surface area contributed by atoms with E-state index in [9.17, 15) is 0 Å². The second kappa shape index (κ2) is 3.08. The van der Waals surface area contributed by atoms with Crippen LogP contribution in [-0.2, 0) is 6.42 Å². The summed E-state index contributed by atoms with van der Waals surface area (Å²) in [7, 11) is 0. The summed E-state index contributed by atoms with van der Waals surface area (Å²) >= 11 is 0. The first kappa shape index (κ1) is 9.19. The molecule has 0 bridgehead atoms. The Morgan fingerprint density at radius 1 is 1.29 bits per heavy atom. The van der Waals surface area contributed by atoms with Crippen molar-refractivity contribution in [3.05, 3.63) is 30.2 Å². The summed E-state index contributed by atoms with van der Waals surface area (Å²) in [6.07, 6.45) is 4.63. The highest BCUT2D eigenvalue weighted by atomic mass is 15.2. The number of nitrogens with zero attached hydrogens (tertiary/aromatic N) is 3. The van der Waals surface area contributed by atoms with Gasteiger partial charge in [-0.25, -0.2) is 9.50 Å². The lowest BCUT2D eigenvalue weighted by Gasteiger charge is -2.16. The molecule has 0 aliphatic rings. The van der Waals surface area contributed by atoms with Crippen molar-refractivity contribution in [1.82, 2.24) is 14.6 Å². The second-order valence-corrected chi connectivity index (χ2v) is 4.79. The van der Waals surface area contributed by atoms with E-state index in [1.165, 1.54) is 0 Å². The van der Waals surface area contributed by atoms with Crippen LogP contribution in [-0.4, -0.2) is 14.6 Å². The molecule has 2 aromatic rings. The van der Waals surface area contributed by atoms with Crippen molar-refractivity contribution in [1.29, 1.82) is 0 Å². The average Bonchev–Trinajstić information content (AvgIpc) is 2.47. The van der Waals surface area contributed by atoms with Gasteiger partial charge in [0, 0.05) is 12.4 Å². The highest BCUT2D eigenvalue weighted by Gasteiger charge is 2.12. The molecule has 2 rings (SSSR count). The van der Waals surface area contributed by atoms with Gasteiger partial charge in [0.25, 0.3) is 0 Å². The standard InChI is InChI=1S/C11H15N3/c1-11(2,3)8-9-4-5-10-12-6-7-14(10)13-9/h4-7H,8H2,1-3H3. The fraction of sp³-hybridized carbons (Fsp3) is 0.455. The Balaban J connectivity index is 2.35. The Kier molecular flexibility index (Phi) is 2.02. The van der Waals surface area contributed by atoms with Crippen molar-refractivity contribution in [2.75, 3.05) is 0 Å². The molecule has 3 nitrogen and oxygen atoms in total. The van der Waals surface area contributed by atoms with Gasteiger partial charge in [0.15, 0.2) is 5.65 Å². The Labute approximate surface area is 83.8 Å². The summed E-state index contributed by atoms with van der Waals surface area (Å²) in [4.78, 5) is 4.16. The maximum Gasteiger partial charge on any atom is 0.153 e. The predicted molar refractivity (Wildman–Crippen MR) is 56.1 cm³/mol. The van der Waals surface area contributed by atoms with Crippen LogP contribution in [0.3, 0.4) is 0 Å². The van der Waals surface area contributed by atoms with Crippen molar-refractivity contribution >= 4 is 5.65 Å². The van der Waals surface area contributed by atoms with E-state index in [0.717, 1.165) is 17.8 Å². The number of fused-ring (bicyclic) bond motifs is 1. The normalized spacial score (nSPS) is 12.2. The predicted octanol–water partition coefficient (Wildman–Crippen LogP) is 2.32. The van der Waals surface area contributed by atoms with E-state index in [-0.39, 0.29) is 5.41 Å². The molecule has 0 saturated heterocycles. The maximum absolute atomic E-state index is 4.47. The van der Waals surface area contributed by atoms with E-state index in [1.807, 2.05) is 22.8 Å². The fourth-order valence-corrected chi connectivity index (χ4v) is 1.49. The summed E-state index contributed by atoms with van der Waals surface area (Å²) in [6.45, 7) is 6.65. The summed E-state index contributed by atoms with van der Waals surface area (Å²) in [5.41, 5.74) is 2.30. The Hall–Kier alpha value is -1.38. The summed E-state index contributed by atoms with van der Waals surface area (Å²) < 4.78 is 1.82. The van der Waals surface area contributed by atoms with Crippen LogP contribution in [0.4, 0.5) is 0 Å². The number of hydrogen-bond acceptors (Lipinski definition) is 2. The highest BCUT2D eigenvalue weighted by Crippen LogP contribution is 2.19. The first-order chi connectivity index (χ1) is 6.54. The van der Waals surface area contributed by atoms with Crippen molar-refractivity contribution in [3.8, 4) is 0 Å². The molecular weight excluding hydrogens is 174 g/mol. The molecule has 74 valence electrons. The minimum absolute atomic E-state index is 0.279. The van der Waals surface area contributed by atoms with Crippen LogP contribution in [0, 0.1) is 5.41 Å². The Morgan fingerprint density at radius 3 is 2.79 bits per heavy atom. The van der Waals surface area contributed by atoms with Crippen LogP contribution < -0.4 is 0 Å². The molecule has 0 unspecified atom stereocenters. The Morgan fingerprint density at radius 2 is 2.07 bits per heavy atom. The van der Waals surface area contributed by atoms with Crippen LogP contribution in [0.5, 0.6) is 0 Å². The first-order valence-electron chi connectivity index (χ1n) is 4.84. The number of rotatable bonds is 1. The summed E-state index contributed by atoms with van der Waals surface area (Å²) in [6, 6.07) is 4.06. The van der Waals surface area contributed by atoms with Gasteiger partial charge in [0.05, 0.1) is 5.69 Å². The molecule has 0 saturated carbocycles. The molecule has 0 atom stereocenters. The molecule has 14 heavy (non-hydrogen) atoms. The third-order valence-corrected chi connectivity index (χ3v) is 2.02. The molecule has 0 amide bonds. The minimum Gasteiger partial charge on any atom is -0.236 e. The molecule has 0 aliphatic carbocycles. The number of hydrogen-bond donors (Lipinski definition) is 0. The summed E-state index contributed by atoms with van der Waals surface area (Å²) in [5, 5.41) is 4.47. The molecule has 0 aliphatic heterocycles. The van der Waals surface area contributed by atoms with Gasteiger partial charge >= 0.3 is 0 Å². The van der Waals surface area contributed by atoms with Gasteiger partial charge < -0.3 is 0 Å². The lowest BCUT2D eigenvalue weighted by Crippen LogP contribution is -2.11. The van der Waals surface area contributed by atoms with Gasteiger partial charge in [-0.05, 0) is 24.0 Å². The Bertz CT molecular complexity index is 437. The van der Waals surface area contributed by atoms with Crippen LogP contribution in [0.15, 0.2) is 24.5 Å². The van der Waals surface area contributed by atoms with E-state index in [4.69, 9.17) is 0 Å². The second-order valence-electron chi connectivity index (χ2n) is 4.79. The van der Waals surface area contributed by atoms with Crippen molar-refractivity contribution < 1.29 is 0 Å².